The molecule has 1 aromatic carbocycles. The van der Waals surface area contributed by atoms with Gasteiger partial charge in [0.2, 0.25) is 0 Å². The van der Waals surface area contributed by atoms with E-state index in [9.17, 15) is 0 Å². The topological polar surface area (TPSA) is 24.5 Å². The third kappa shape index (κ3) is 5.63. The average Bonchev–Trinajstić information content (AvgIpc) is 2.37. The Bertz CT molecular complexity index is 314. The van der Waals surface area contributed by atoms with Gasteiger partial charge in [0, 0.05) is 13.2 Å². The first-order chi connectivity index (χ1) is 8.63. The highest BCUT2D eigenvalue weighted by Gasteiger charge is 2.13. The number of nitrogens with zero attached hydrogens (tertiary/aromatic N) is 1. The van der Waals surface area contributed by atoms with Gasteiger partial charge in [-0.2, -0.15) is 0 Å². The van der Waals surface area contributed by atoms with Crippen molar-refractivity contribution in [2.75, 3.05) is 34.4 Å². The molecule has 2 unspecified atom stereocenters. The second-order valence-electron chi connectivity index (χ2n) is 5.08. The first kappa shape index (κ1) is 15.2. The zero-order chi connectivity index (χ0) is 13.4. The summed E-state index contributed by atoms with van der Waals surface area (Å²) in [5.74, 6) is 0. The second kappa shape index (κ2) is 8.25. The molecule has 1 N–H and O–H groups in total. The van der Waals surface area contributed by atoms with Crippen LogP contribution in [0.15, 0.2) is 30.3 Å². The largest absolute Gasteiger partial charge is 0.383 e. The summed E-state index contributed by atoms with van der Waals surface area (Å²) in [7, 11) is 5.97. The molecule has 0 fully saturated rings. The molecule has 0 radical (unpaired) electrons. The predicted molar refractivity (Wildman–Crippen MR) is 76.8 cm³/mol. The fourth-order valence-corrected chi connectivity index (χ4v) is 1.97. The van der Waals surface area contributed by atoms with Crippen molar-refractivity contribution in [3.63, 3.8) is 0 Å². The van der Waals surface area contributed by atoms with Crippen LogP contribution < -0.4 is 5.32 Å². The molecule has 0 saturated carbocycles. The molecule has 0 aliphatic heterocycles. The average molecular weight is 250 g/mol. The molecule has 0 heterocycles. The zero-order valence-corrected chi connectivity index (χ0v) is 12.0. The SMILES string of the molecule is COCC(NC(C)CCN(C)C)c1ccccc1. The van der Waals surface area contributed by atoms with Crippen molar-refractivity contribution < 1.29 is 4.74 Å². The highest BCUT2D eigenvalue weighted by Crippen LogP contribution is 2.14. The quantitative estimate of drug-likeness (QED) is 0.766. The van der Waals surface area contributed by atoms with E-state index in [0.717, 1.165) is 13.0 Å². The first-order valence-electron chi connectivity index (χ1n) is 6.58. The molecule has 0 bridgehead atoms. The lowest BCUT2D eigenvalue weighted by Crippen LogP contribution is -2.35. The Kier molecular flexibility index (Phi) is 6.94. The molecule has 18 heavy (non-hydrogen) atoms. The summed E-state index contributed by atoms with van der Waals surface area (Å²) in [4.78, 5) is 2.21. The van der Waals surface area contributed by atoms with Crippen LogP contribution >= 0.6 is 0 Å². The fourth-order valence-electron chi connectivity index (χ4n) is 1.97. The van der Waals surface area contributed by atoms with Crippen molar-refractivity contribution in [3.05, 3.63) is 35.9 Å². The van der Waals surface area contributed by atoms with E-state index in [-0.39, 0.29) is 6.04 Å². The van der Waals surface area contributed by atoms with Gasteiger partial charge in [-0.15, -0.1) is 0 Å². The monoisotopic (exact) mass is 250 g/mol. The number of hydrogen-bond acceptors (Lipinski definition) is 3. The number of hydrogen-bond donors (Lipinski definition) is 1. The Hall–Kier alpha value is -0.900. The molecule has 0 aliphatic rings. The molecular weight excluding hydrogens is 224 g/mol. The van der Waals surface area contributed by atoms with Gasteiger partial charge in [-0.1, -0.05) is 30.3 Å². The van der Waals surface area contributed by atoms with E-state index < -0.39 is 0 Å². The van der Waals surface area contributed by atoms with Crippen molar-refractivity contribution in [1.82, 2.24) is 10.2 Å². The summed E-state index contributed by atoms with van der Waals surface area (Å²) in [6.07, 6.45) is 1.14. The van der Waals surface area contributed by atoms with Crippen molar-refractivity contribution >= 4 is 0 Å². The van der Waals surface area contributed by atoms with Crippen LogP contribution in [-0.2, 0) is 4.74 Å². The molecule has 0 saturated heterocycles. The van der Waals surface area contributed by atoms with Crippen molar-refractivity contribution in [3.8, 4) is 0 Å². The van der Waals surface area contributed by atoms with Crippen molar-refractivity contribution in [2.24, 2.45) is 0 Å². The van der Waals surface area contributed by atoms with Crippen LogP contribution in [0.2, 0.25) is 0 Å². The summed E-state index contributed by atoms with van der Waals surface area (Å²) in [5, 5.41) is 3.64. The number of benzene rings is 1. The maximum absolute atomic E-state index is 5.31. The van der Waals surface area contributed by atoms with E-state index in [0.29, 0.717) is 12.6 Å². The summed E-state index contributed by atoms with van der Waals surface area (Å²) >= 11 is 0. The lowest BCUT2D eigenvalue weighted by molar-refractivity contribution is 0.160. The maximum Gasteiger partial charge on any atom is 0.0657 e. The standard InChI is InChI=1S/C15H26N2O/c1-13(10-11-17(2)3)16-15(12-18-4)14-8-6-5-7-9-14/h5-9,13,15-16H,10-12H2,1-4H3. The van der Waals surface area contributed by atoms with Crippen LogP contribution in [0, 0.1) is 0 Å². The van der Waals surface area contributed by atoms with E-state index in [2.05, 4.69) is 55.5 Å². The lowest BCUT2D eigenvalue weighted by Gasteiger charge is -2.24. The zero-order valence-electron chi connectivity index (χ0n) is 12.0. The van der Waals surface area contributed by atoms with Crippen LogP contribution in [-0.4, -0.2) is 45.3 Å². The Morgan fingerprint density at radius 3 is 2.44 bits per heavy atom. The number of nitrogens with one attached hydrogen (secondary N) is 1. The van der Waals surface area contributed by atoms with Crippen molar-refractivity contribution in [2.45, 2.75) is 25.4 Å². The van der Waals surface area contributed by atoms with Crippen molar-refractivity contribution in [1.29, 1.82) is 0 Å². The highest BCUT2D eigenvalue weighted by molar-refractivity contribution is 5.19. The van der Waals surface area contributed by atoms with Gasteiger partial charge in [-0.05, 0) is 39.5 Å². The lowest BCUT2D eigenvalue weighted by atomic mass is 10.1. The van der Waals surface area contributed by atoms with Gasteiger partial charge in [0.25, 0.3) is 0 Å². The molecule has 0 spiro atoms. The highest BCUT2D eigenvalue weighted by atomic mass is 16.5. The van der Waals surface area contributed by atoms with E-state index >= 15 is 0 Å². The number of rotatable bonds is 8. The fraction of sp³-hybridized carbons (Fsp3) is 0.600. The normalized spacial score (nSPS) is 14.7. The summed E-state index contributed by atoms with van der Waals surface area (Å²) in [6, 6.07) is 11.2. The molecule has 1 aromatic rings. The van der Waals surface area contributed by atoms with E-state index in [1.54, 1.807) is 7.11 Å². The minimum absolute atomic E-state index is 0.272. The smallest absolute Gasteiger partial charge is 0.0657 e. The van der Waals surface area contributed by atoms with Gasteiger partial charge in [-0.3, -0.25) is 0 Å². The number of methoxy groups -OCH3 is 1. The molecule has 0 aliphatic carbocycles. The Labute approximate surface area is 111 Å². The number of ether oxygens (including phenoxy) is 1. The molecule has 3 heteroatoms. The molecule has 1 rings (SSSR count). The van der Waals surface area contributed by atoms with Gasteiger partial charge in [0.05, 0.1) is 12.6 Å². The summed E-state index contributed by atoms with van der Waals surface area (Å²) in [5.41, 5.74) is 1.29. The molecule has 0 aromatic heterocycles. The molecule has 3 nitrogen and oxygen atoms in total. The molecule has 0 amide bonds. The second-order valence-corrected chi connectivity index (χ2v) is 5.08. The van der Waals surface area contributed by atoms with Gasteiger partial charge in [-0.25, -0.2) is 0 Å². The van der Waals surface area contributed by atoms with Gasteiger partial charge in [0.15, 0.2) is 0 Å². The first-order valence-corrected chi connectivity index (χ1v) is 6.58. The summed E-state index contributed by atoms with van der Waals surface area (Å²) in [6.45, 7) is 4.04. The third-order valence-electron chi connectivity index (χ3n) is 3.03. The molecular formula is C15H26N2O. The Morgan fingerprint density at radius 1 is 1.22 bits per heavy atom. The van der Waals surface area contributed by atoms with Crippen LogP contribution in [0.25, 0.3) is 0 Å². The van der Waals surface area contributed by atoms with E-state index in [1.165, 1.54) is 5.56 Å². The molecule has 2 atom stereocenters. The van der Waals surface area contributed by atoms with E-state index in [1.807, 2.05) is 6.07 Å². The minimum atomic E-state index is 0.272. The van der Waals surface area contributed by atoms with Crippen LogP contribution in [0.5, 0.6) is 0 Å². The minimum Gasteiger partial charge on any atom is -0.383 e. The van der Waals surface area contributed by atoms with Gasteiger partial charge >= 0.3 is 0 Å². The maximum atomic E-state index is 5.31. The van der Waals surface area contributed by atoms with Crippen LogP contribution in [0.4, 0.5) is 0 Å². The van der Waals surface area contributed by atoms with Gasteiger partial charge in [0.1, 0.15) is 0 Å². The van der Waals surface area contributed by atoms with Crippen LogP contribution in [0.3, 0.4) is 0 Å². The third-order valence-corrected chi connectivity index (χ3v) is 3.03. The molecule has 102 valence electrons. The van der Waals surface area contributed by atoms with E-state index in [4.69, 9.17) is 4.74 Å². The Morgan fingerprint density at radius 2 is 1.89 bits per heavy atom. The summed E-state index contributed by atoms with van der Waals surface area (Å²) < 4.78 is 5.31. The predicted octanol–water partition coefficient (Wildman–Crippen LogP) is 2.30. The van der Waals surface area contributed by atoms with Gasteiger partial charge < -0.3 is 15.0 Å². The Balaban J connectivity index is 2.52. The van der Waals surface area contributed by atoms with Crippen LogP contribution in [0.1, 0.15) is 24.9 Å².